The Bertz CT molecular complexity index is 1690. The molecule has 4 amide bonds. The zero-order valence-corrected chi connectivity index (χ0v) is 27.6. The van der Waals surface area contributed by atoms with Gasteiger partial charge in [-0.1, -0.05) is 65.8 Å². The zero-order valence-electron chi connectivity index (χ0n) is 27.6. The SMILES string of the molecule is COCCn1ccnc1CN1CCNC(=O)[C@@H](Cc2ccccc2)NC(=O)[C@H](Cc2ccccc2)NC(=O)[C@H](C)NC(=O)c2cc(on2)C1. The Kier molecular flexibility index (Phi) is 12.3. The van der Waals surface area contributed by atoms with Gasteiger partial charge in [0.15, 0.2) is 11.5 Å². The minimum atomic E-state index is -1.03. The summed E-state index contributed by atoms with van der Waals surface area (Å²) in [5.41, 5.74) is 1.67. The van der Waals surface area contributed by atoms with Crippen LogP contribution in [0.4, 0.5) is 0 Å². The number of methoxy groups -OCH3 is 1. The molecule has 0 fully saturated rings. The van der Waals surface area contributed by atoms with Crippen LogP contribution in [-0.2, 0) is 51.6 Å². The number of amides is 4. The molecule has 0 saturated carbocycles. The van der Waals surface area contributed by atoms with Crippen molar-refractivity contribution >= 4 is 23.6 Å². The first kappa shape index (κ1) is 35.0. The van der Waals surface area contributed by atoms with Crippen LogP contribution in [0.25, 0.3) is 0 Å². The molecule has 3 heterocycles. The molecule has 14 nitrogen and oxygen atoms in total. The lowest BCUT2D eigenvalue weighted by Crippen LogP contribution is -2.57. The molecule has 49 heavy (non-hydrogen) atoms. The summed E-state index contributed by atoms with van der Waals surface area (Å²) in [4.78, 5) is 60.5. The number of hydrogen-bond acceptors (Lipinski definition) is 9. The maximum Gasteiger partial charge on any atom is 0.274 e. The van der Waals surface area contributed by atoms with Crippen molar-refractivity contribution in [3.05, 3.63) is 108 Å². The predicted octanol–water partition coefficient (Wildman–Crippen LogP) is 1.22. The highest BCUT2D eigenvalue weighted by Crippen LogP contribution is 2.13. The van der Waals surface area contributed by atoms with Crippen LogP contribution in [0.15, 0.2) is 83.6 Å². The van der Waals surface area contributed by atoms with E-state index in [1.54, 1.807) is 13.3 Å². The number of nitrogens with zero attached hydrogens (tertiary/aromatic N) is 4. The van der Waals surface area contributed by atoms with Gasteiger partial charge in [-0.15, -0.1) is 0 Å². The van der Waals surface area contributed by atoms with Gasteiger partial charge in [-0.2, -0.15) is 0 Å². The first-order valence-electron chi connectivity index (χ1n) is 16.2. The van der Waals surface area contributed by atoms with E-state index in [9.17, 15) is 19.2 Å². The molecule has 2 bridgehead atoms. The van der Waals surface area contributed by atoms with E-state index in [4.69, 9.17) is 9.26 Å². The van der Waals surface area contributed by atoms with Crippen LogP contribution in [0.5, 0.6) is 0 Å². The lowest BCUT2D eigenvalue weighted by atomic mass is 10.0. The molecule has 4 N–H and O–H groups in total. The van der Waals surface area contributed by atoms with Gasteiger partial charge in [-0.05, 0) is 18.1 Å². The van der Waals surface area contributed by atoms with E-state index in [0.29, 0.717) is 32.0 Å². The maximum atomic E-state index is 13.9. The highest BCUT2D eigenvalue weighted by Gasteiger charge is 2.30. The van der Waals surface area contributed by atoms with Crippen LogP contribution in [0.3, 0.4) is 0 Å². The molecular formula is C35H42N8O6. The quantitative estimate of drug-likeness (QED) is 0.204. The number of hydrogen-bond donors (Lipinski definition) is 4. The molecule has 5 rings (SSSR count). The largest absolute Gasteiger partial charge is 0.383 e. The number of aromatic nitrogens is 3. The van der Waals surface area contributed by atoms with Crippen molar-refractivity contribution in [2.75, 3.05) is 26.8 Å². The summed E-state index contributed by atoms with van der Waals surface area (Å²) in [5, 5.41) is 15.2. The number of nitrogens with one attached hydrogen (secondary N) is 4. The Morgan fingerprint density at radius 1 is 0.878 bits per heavy atom. The molecular weight excluding hydrogens is 628 g/mol. The molecule has 258 valence electrons. The molecule has 1 aliphatic heterocycles. The van der Waals surface area contributed by atoms with Crippen molar-refractivity contribution in [1.29, 1.82) is 0 Å². The molecule has 2 aromatic carbocycles. The molecule has 0 aliphatic carbocycles. The summed E-state index contributed by atoms with van der Waals surface area (Å²) in [6.07, 6.45) is 3.98. The summed E-state index contributed by atoms with van der Waals surface area (Å²) in [7, 11) is 1.63. The standard InChI is InChI=1S/C35H42N8O6/c1-24-32(44)39-29(20-26-11-7-4-8-12-26)34(46)40-28(19-25-9-5-3-6-10-25)33(45)37-13-15-42(22-27-21-30(41-49-27)35(47)38-24)23-31-36-14-16-43(31)17-18-48-2/h3-12,14,16,21,24,28-29H,13,15,17-20,22-23H2,1-2H3,(H,37,45)(H,38,47)(H,39,44)(H,40,46)/t24-,28+,29-/m0/s1. The van der Waals surface area contributed by atoms with Gasteiger partial charge >= 0.3 is 0 Å². The second-order valence-electron chi connectivity index (χ2n) is 11.9. The van der Waals surface area contributed by atoms with Crippen LogP contribution in [0.2, 0.25) is 0 Å². The number of rotatable bonds is 9. The third-order valence-electron chi connectivity index (χ3n) is 8.17. The van der Waals surface area contributed by atoms with E-state index in [2.05, 4.69) is 31.4 Å². The molecule has 0 spiro atoms. The summed E-state index contributed by atoms with van der Waals surface area (Å²) >= 11 is 0. The average Bonchev–Trinajstić information content (AvgIpc) is 3.76. The van der Waals surface area contributed by atoms with Crippen molar-refractivity contribution in [3.63, 3.8) is 0 Å². The van der Waals surface area contributed by atoms with Crippen molar-refractivity contribution in [3.8, 4) is 0 Å². The molecule has 4 aromatic rings. The summed E-state index contributed by atoms with van der Waals surface area (Å²) in [6, 6.07) is 17.2. The highest BCUT2D eigenvalue weighted by molar-refractivity contribution is 5.97. The van der Waals surface area contributed by atoms with Gasteiger partial charge in [-0.25, -0.2) is 4.98 Å². The van der Waals surface area contributed by atoms with E-state index < -0.39 is 35.8 Å². The molecule has 1 aliphatic rings. The summed E-state index contributed by atoms with van der Waals surface area (Å²) in [6.45, 7) is 3.93. The average molecular weight is 671 g/mol. The zero-order chi connectivity index (χ0) is 34.6. The lowest BCUT2D eigenvalue weighted by Gasteiger charge is -2.25. The van der Waals surface area contributed by atoms with E-state index in [0.717, 1.165) is 17.0 Å². The van der Waals surface area contributed by atoms with Crippen molar-refractivity contribution < 1.29 is 28.4 Å². The van der Waals surface area contributed by atoms with E-state index in [-0.39, 0.29) is 37.5 Å². The number of fused-ring (bicyclic) bond motifs is 2. The number of benzene rings is 2. The van der Waals surface area contributed by atoms with Crippen molar-refractivity contribution in [2.45, 2.75) is 57.5 Å². The molecule has 3 atom stereocenters. The lowest BCUT2D eigenvalue weighted by molar-refractivity contribution is -0.132. The fourth-order valence-electron chi connectivity index (χ4n) is 5.50. The van der Waals surface area contributed by atoms with Gasteiger partial charge in [0.2, 0.25) is 17.7 Å². The van der Waals surface area contributed by atoms with Crippen LogP contribution >= 0.6 is 0 Å². The molecule has 14 heteroatoms. The fraction of sp³-hybridized carbons (Fsp3) is 0.371. The fourth-order valence-corrected chi connectivity index (χ4v) is 5.50. The molecule has 0 unspecified atom stereocenters. The Labute approximate surface area is 284 Å². The molecule has 0 saturated heterocycles. The Hall–Kier alpha value is -5.34. The van der Waals surface area contributed by atoms with Gasteiger partial charge in [0.25, 0.3) is 5.91 Å². The Balaban J connectivity index is 1.42. The molecule has 0 radical (unpaired) electrons. The van der Waals surface area contributed by atoms with Gasteiger partial charge in [0, 0.05) is 58.0 Å². The second-order valence-corrected chi connectivity index (χ2v) is 11.9. The first-order valence-corrected chi connectivity index (χ1v) is 16.2. The van der Waals surface area contributed by atoms with Crippen molar-refractivity contribution in [1.82, 2.24) is 40.9 Å². The van der Waals surface area contributed by atoms with Gasteiger partial charge in [0.05, 0.1) is 19.7 Å². The van der Waals surface area contributed by atoms with E-state index >= 15 is 0 Å². The summed E-state index contributed by atoms with van der Waals surface area (Å²) in [5.74, 6) is -0.873. The minimum Gasteiger partial charge on any atom is -0.383 e. The normalized spacial score (nSPS) is 20.0. The number of ether oxygens (including phenoxy) is 1. The number of carbonyl (C=O) groups excluding carboxylic acids is 4. The second kappa shape index (κ2) is 17.2. The Morgan fingerprint density at radius 2 is 1.53 bits per heavy atom. The monoisotopic (exact) mass is 670 g/mol. The number of imidazole rings is 1. The van der Waals surface area contributed by atoms with Crippen LogP contribution < -0.4 is 21.3 Å². The summed E-state index contributed by atoms with van der Waals surface area (Å²) < 4.78 is 12.7. The van der Waals surface area contributed by atoms with Gasteiger partial charge < -0.3 is 35.1 Å². The number of carbonyl (C=O) groups is 4. The van der Waals surface area contributed by atoms with Gasteiger partial charge in [-0.3, -0.25) is 24.1 Å². The van der Waals surface area contributed by atoms with Gasteiger partial charge in [0.1, 0.15) is 23.9 Å². The maximum absolute atomic E-state index is 13.9. The molecule has 2 aromatic heterocycles. The van der Waals surface area contributed by atoms with Crippen LogP contribution in [-0.4, -0.2) is 88.2 Å². The minimum absolute atomic E-state index is 0.00736. The van der Waals surface area contributed by atoms with Crippen LogP contribution in [0.1, 0.15) is 40.1 Å². The van der Waals surface area contributed by atoms with Crippen LogP contribution in [0, 0.1) is 0 Å². The topological polar surface area (TPSA) is 173 Å². The third kappa shape index (κ3) is 10.1. The van der Waals surface area contributed by atoms with E-state index in [1.165, 1.54) is 13.0 Å². The first-order chi connectivity index (χ1) is 23.8. The predicted molar refractivity (Wildman–Crippen MR) is 179 cm³/mol. The smallest absolute Gasteiger partial charge is 0.274 e. The van der Waals surface area contributed by atoms with E-state index in [1.807, 2.05) is 76.3 Å². The third-order valence-corrected chi connectivity index (χ3v) is 8.17. The Morgan fingerprint density at radius 3 is 2.20 bits per heavy atom. The highest BCUT2D eigenvalue weighted by atomic mass is 16.5. The van der Waals surface area contributed by atoms with Crippen molar-refractivity contribution in [2.24, 2.45) is 0 Å².